The average molecular weight is 558 g/mol. The first-order valence-electron chi connectivity index (χ1n) is 11.5. The fraction of sp³-hybridized carbons (Fsp3) is 0.522. The van der Waals surface area contributed by atoms with Crippen LogP contribution in [-0.2, 0) is 30.4 Å². The van der Waals surface area contributed by atoms with Gasteiger partial charge in [0, 0.05) is 12.2 Å². The van der Waals surface area contributed by atoms with Gasteiger partial charge in [-0.1, -0.05) is 30.3 Å². The van der Waals surface area contributed by atoms with Crippen molar-refractivity contribution in [3.63, 3.8) is 0 Å². The van der Waals surface area contributed by atoms with Crippen LogP contribution in [0.15, 0.2) is 30.3 Å². The zero-order valence-corrected chi connectivity index (χ0v) is 22.4. The minimum atomic E-state index is -1.26. The van der Waals surface area contributed by atoms with E-state index in [0.29, 0.717) is 5.75 Å². The minimum Gasteiger partial charge on any atom is -0.480 e. The van der Waals surface area contributed by atoms with E-state index in [0.717, 1.165) is 5.56 Å². The Kier molecular flexibility index (Phi) is 14.7. The highest BCUT2D eigenvalue weighted by Gasteiger charge is 2.30. The molecule has 0 radical (unpaired) electrons. The van der Waals surface area contributed by atoms with Gasteiger partial charge in [0.05, 0.1) is 6.10 Å². The second-order valence-corrected chi connectivity index (χ2v) is 9.57. The molecular formula is C23H35N5O7S2. The number of hydrogen-bond donors (Lipinski definition) is 8. The molecule has 0 saturated heterocycles. The van der Waals surface area contributed by atoms with Gasteiger partial charge < -0.3 is 37.2 Å². The molecular weight excluding hydrogens is 522 g/mol. The summed E-state index contributed by atoms with van der Waals surface area (Å²) in [5, 5.41) is 28.2. The molecule has 0 aliphatic rings. The van der Waals surface area contributed by atoms with Crippen LogP contribution in [0.4, 0.5) is 0 Å². The molecule has 0 bridgehead atoms. The SMILES string of the molecule is CSCC[C@H](NC(=O)[C@H](CS)NC(=O)[C@@H](N)[C@@H](C)O)C(=O)N[C@@H](Cc1ccccc1)C(=O)NCC(=O)O. The number of aliphatic hydroxyl groups excluding tert-OH is 1. The van der Waals surface area contributed by atoms with Gasteiger partial charge in [0.25, 0.3) is 0 Å². The van der Waals surface area contributed by atoms with Gasteiger partial charge in [-0.05, 0) is 30.9 Å². The number of aliphatic hydroxyl groups is 1. The van der Waals surface area contributed by atoms with Gasteiger partial charge >= 0.3 is 5.97 Å². The fourth-order valence-electron chi connectivity index (χ4n) is 3.08. The van der Waals surface area contributed by atoms with Gasteiger partial charge in [-0.25, -0.2) is 0 Å². The molecule has 0 fully saturated rings. The van der Waals surface area contributed by atoms with Crippen LogP contribution in [0.2, 0.25) is 0 Å². The topological polar surface area (TPSA) is 200 Å². The lowest BCUT2D eigenvalue weighted by atomic mass is 10.0. The largest absolute Gasteiger partial charge is 0.480 e. The number of hydrogen-bond acceptors (Lipinski definition) is 9. The number of carboxylic acid groups (broad SMARTS) is 1. The van der Waals surface area contributed by atoms with Crippen molar-refractivity contribution in [2.24, 2.45) is 5.73 Å². The number of carbonyl (C=O) groups excluding carboxylic acids is 4. The number of aliphatic carboxylic acids is 1. The van der Waals surface area contributed by atoms with Crippen molar-refractivity contribution in [1.29, 1.82) is 0 Å². The quantitative estimate of drug-likeness (QED) is 0.109. The summed E-state index contributed by atoms with van der Waals surface area (Å²) in [4.78, 5) is 61.8. The molecule has 0 aromatic heterocycles. The smallest absolute Gasteiger partial charge is 0.322 e. The van der Waals surface area contributed by atoms with Crippen molar-refractivity contribution in [2.45, 2.75) is 50.0 Å². The number of thiol groups is 1. The number of amides is 4. The summed E-state index contributed by atoms with van der Waals surface area (Å²) in [6, 6.07) is 4.28. The first-order valence-corrected chi connectivity index (χ1v) is 13.5. The van der Waals surface area contributed by atoms with Crippen molar-refractivity contribution in [1.82, 2.24) is 21.3 Å². The molecule has 206 valence electrons. The monoisotopic (exact) mass is 557 g/mol. The lowest BCUT2D eigenvalue weighted by molar-refractivity contribution is -0.138. The van der Waals surface area contributed by atoms with E-state index in [9.17, 15) is 29.1 Å². The predicted molar refractivity (Wildman–Crippen MR) is 143 cm³/mol. The maximum atomic E-state index is 13.2. The number of carbonyl (C=O) groups is 5. The van der Waals surface area contributed by atoms with Gasteiger partial charge in [-0.2, -0.15) is 24.4 Å². The van der Waals surface area contributed by atoms with Crippen LogP contribution in [0.5, 0.6) is 0 Å². The van der Waals surface area contributed by atoms with E-state index in [1.54, 1.807) is 30.3 Å². The van der Waals surface area contributed by atoms with Crippen molar-refractivity contribution in [3.05, 3.63) is 35.9 Å². The molecule has 1 aromatic rings. The summed E-state index contributed by atoms with van der Waals surface area (Å²) in [5.41, 5.74) is 6.34. The third-order valence-electron chi connectivity index (χ3n) is 5.21. The van der Waals surface area contributed by atoms with Crippen LogP contribution in [0.3, 0.4) is 0 Å². The Morgan fingerprint density at radius 1 is 0.946 bits per heavy atom. The molecule has 0 spiro atoms. The summed E-state index contributed by atoms with van der Waals surface area (Å²) in [6.07, 6.45) is 0.988. The molecule has 1 rings (SSSR count). The van der Waals surface area contributed by atoms with Crippen LogP contribution in [0.25, 0.3) is 0 Å². The molecule has 4 amide bonds. The number of nitrogens with two attached hydrogens (primary N) is 1. The van der Waals surface area contributed by atoms with Crippen LogP contribution < -0.4 is 27.0 Å². The highest BCUT2D eigenvalue weighted by atomic mass is 32.2. The first-order chi connectivity index (χ1) is 17.5. The van der Waals surface area contributed by atoms with Crippen molar-refractivity contribution >= 4 is 54.0 Å². The molecule has 0 unspecified atom stereocenters. The minimum absolute atomic E-state index is 0.0911. The average Bonchev–Trinajstić information content (AvgIpc) is 2.87. The summed E-state index contributed by atoms with van der Waals surface area (Å²) in [6.45, 7) is 0.714. The Morgan fingerprint density at radius 2 is 1.51 bits per heavy atom. The Morgan fingerprint density at radius 3 is 2.05 bits per heavy atom. The van der Waals surface area contributed by atoms with Gasteiger partial charge in [-0.3, -0.25) is 24.0 Å². The molecule has 0 aliphatic carbocycles. The Bertz CT molecular complexity index is 920. The first kappa shape index (κ1) is 32.2. The maximum absolute atomic E-state index is 13.2. The van der Waals surface area contributed by atoms with Gasteiger partial charge in [-0.15, -0.1) is 0 Å². The molecule has 1 aromatic carbocycles. The maximum Gasteiger partial charge on any atom is 0.322 e. The van der Waals surface area contributed by atoms with E-state index in [2.05, 4.69) is 33.9 Å². The van der Waals surface area contributed by atoms with Crippen LogP contribution in [0.1, 0.15) is 18.9 Å². The molecule has 0 heterocycles. The Labute approximate surface area is 225 Å². The van der Waals surface area contributed by atoms with E-state index in [1.165, 1.54) is 18.7 Å². The van der Waals surface area contributed by atoms with Crippen molar-refractivity contribution in [3.8, 4) is 0 Å². The van der Waals surface area contributed by atoms with Gasteiger partial charge in [0.1, 0.15) is 30.7 Å². The van der Waals surface area contributed by atoms with Crippen molar-refractivity contribution < 1.29 is 34.2 Å². The van der Waals surface area contributed by atoms with Gasteiger partial charge in [0.15, 0.2) is 0 Å². The molecule has 0 aliphatic heterocycles. The van der Waals surface area contributed by atoms with E-state index < -0.39 is 66.4 Å². The number of carboxylic acids is 1. The van der Waals surface area contributed by atoms with Crippen LogP contribution in [0, 0.1) is 0 Å². The summed E-state index contributed by atoms with van der Waals surface area (Å²) in [7, 11) is 0. The van der Waals surface area contributed by atoms with Crippen LogP contribution in [-0.4, -0.2) is 94.4 Å². The van der Waals surface area contributed by atoms with Crippen molar-refractivity contribution in [2.75, 3.05) is 24.3 Å². The third kappa shape index (κ3) is 11.9. The lowest BCUT2D eigenvalue weighted by Gasteiger charge is -2.25. The molecule has 14 heteroatoms. The lowest BCUT2D eigenvalue weighted by Crippen LogP contribution is -2.59. The molecule has 8 N–H and O–H groups in total. The highest BCUT2D eigenvalue weighted by Crippen LogP contribution is 2.07. The van der Waals surface area contributed by atoms with E-state index >= 15 is 0 Å². The zero-order valence-electron chi connectivity index (χ0n) is 20.7. The van der Waals surface area contributed by atoms with E-state index in [4.69, 9.17) is 10.8 Å². The standard InChI is InChI=1S/C23H35N5O7S2/c1-13(29)19(24)23(35)28-17(12-36)22(34)26-15(8-9-37-2)21(33)27-16(20(32)25-11-18(30)31)10-14-6-4-3-5-7-14/h3-7,13,15-17,19,29,36H,8-12,24H2,1-2H3,(H,25,32)(H,26,34)(H,27,33)(H,28,35)(H,30,31)/t13-,15+,16+,17+,19+/m1/s1. The molecule has 0 saturated carbocycles. The molecule has 12 nitrogen and oxygen atoms in total. The normalized spacial score (nSPS) is 14.8. The highest BCUT2D eigenvalue weighted by molar-refractivity contribution is 7.98. The number of nitrogens with one attached hydrogen (secondary N) is 4. The number of thioether (sulfide) groups is 1. The van der Waals surface area contributed by atoms with E-state index in [-0.39, 0.29) is 18.6 Å². The predicted octanol–water partition coefficient (Wildman–Crippen LogP) is -1.72. The molecule has 37 heavy (non-hydrogen) atoms. The van der Waals surface area contributed by atoms with Crippen LogP contribution >= 0.6 is 24.4 Å². The summed E-state index contributed by atoms with van der Waals surface area (Å²) < 4.78 is 0. The fourth-order valence-corrected chi connectivity index (χ4v) is 3.80. The third-order valence-corrected chi connectivity index (χ3v) is 6.22. The second-order valence-electron chi connectivity index (χ2n) is 8.22. The zero-order chi connectivity index (χ0) is 28.0. The second kappa shape index (κ2) is 16.8. The Hall–Kier alpha value is -2.81. The number of benzene rings is 1. The Balaban J connectivity index is 3.01. The molecule has 5 atom stereocenters. The van der Waals surface area contributed by atoms with Gasteiger partial charge in [0.2, 0.25) is 23.6 Å². The number of rotatable bonds is 16. The summed E-state index contributed by atoms with van der Waals surface area (Å²) >= 11 is 5.53. The van der Waals surface area contributed by atoms with E-state index in [1.807, 2.05) is 6.26 Å². The summed E-state index contributed by atoms with van der Waals surface area (Å²) in [5.74, 6) is -3.64.